The van der Waals surface area contributed by atoms with Crippen LogP contribution < -0.4 is 21.1 Å². The lowest BCUT2D eigenvalue weighted by Gasteiger charge is -2.26. The minimum absolute atomic E-state index is 0.189. The maximum absolute atomic E-state index is 5.73. The number of anilines is 1. The summed E-state index contributed by atoms with van der Waals surface area (Å²) < 4.78 is 5.13. The van der Waals surface area contributed by atoms with E-state index in [9.17, 15) is 0 Å². The highest BCUT2D eigenvalue weighted by Gasteiger charge is 2.23. The summed E-state index contributed by atoms with van der Waals surface area (Å²) in [5.41, 5.74) is 5.86. The summed E-state index contributed by atoms with van der Waals surface area (Å²) in [6.07, 6.45) is 6.42. The van der Waals surface area contributed by atoms with Gasteiger partial charge in [-0.05, 0) is 44.1 Å². The highest BCUT2D eigenvalue weighted by atomic mass is 16.7. The predicted molar refractivity (Wildman–Crippen MR) is 124 cm³/mol. The van der Waals surface area contributed by atoms with E-state index in [0.717, 1.165) is 37.4 Å². The smallest absolute Gasteiger partial charge is 0.0988 e. The molecule has 2 rings (SSSR count). The van der Waals surface area contributed by atoms with Crippen molar-refractivity contribution in [1.29, 1.82) is 0 Å². The largest absolute Gasteiger partial charge is 0.383 e. The van der Waals surface area contributed by atoms with E-state index in [0.29, 0.717) is 13.2 Å². The van der Waals surface area contributed by atoms with Gasteiger partial charge in [-0.25, -0.2) is 5.43 Å². The van der Waals surface area contributed by atoms with Gasteiger partial charge < -0.3 is 20.4 Å². The zero-order valence-corrected chi connectivity index (χ0v) is 19.1. The molecule has 1 fully saturated rings. The first-order valence-corrected chi connectivity index (χ1v) is 10.8. The number of benzene rings is 1. The molecule has 30 heavy (non-hydrogen) atoms. The number of rotatable bonds is 13. The molecule has 2 atom stereocenters. The highest BCUT2D eigenvalue weighted by Crippen LogP contribution is 2.11. The van der Waals surface area contributed by atoms with E-state index >= 15 is 0 Å². The summed E-state index contributed by atoms with van der Waals surface area (Å²) in [6, 6.07) is 10.7. The molecule has 7 heteroatoms. The van der Waals surface area contributed by atoms with E-state index in [1.165, 1.54) is 5.57 Å². The molecule has 7 nitrogen and oxygen atoms in total. The van der Waals surface area contributed by atoms with Crippen LogP contribution in [0.5, 0.6) is 0 Å². The lowest BCUT2D eigenvalue weighted by atomic mass is 10.2. The number of hydrazine groups is 1. The third-order valence-corrected chi connectivity index (χ3v) is 5.09. The van der Waals surface area contributed by atoms with Crippen molar-refractivity contribution in [2.75, 3.05) is 45.5 Å². The Labute approximate surface area is 182 Å². The second-order valence-electron chi connectivity index (χ2n) is 7.70. The number of allylic oxidation sites excluding steroid dienone is 1. The molecule has 168 valence electrons. The third-order valence-electron chi connectivity index (χ3n) is 5.09. The van der Waals surface area contributed by atoms with Crippen LogP contribution in [0.15, 0.2) is 54.0 Å². The van der Waals surface area contributed by atoms with Gasteiger partial charge in [0.15, 0.2) is 0 Å². The third kappa shape index (κ3) is 8.36. The molecule has 0 bridgehead atoms. The molecule has 1 unspecified atom stereocenters. The Morgan fingerprint density at radius 1 is 1.37 bits per heavy atom. The SMILES string of the molecule is CCC/C=C(\N/C=C(\C)C(C)NN(C)c1ccccc1)N[C@H]1CON(CCOC)C1. The Kier molecular flexibility index (Phi) is 10.7. The van der Waals surface area contributed by atoms with Gasteiger partial charge >= 0.3 is 0 Å². The van der Waals surface area contributed by atoms with Crippen LogP contribution in [-0.4, -0.2) is 57.6 Å². The van der Waals surface area contributed by atoms with Crippen molar-refractivity contribution in [1.82, 2.24) is 21.1 Å². The molecular weight excluding hydrogens is 378 g/mol. The molecule has 1 saturated heterocycles. The molecule has 1 aliphatic rings. The van der Waals surface area contributed by atoms with Crippen LogP contribution >= 0.6 is 0 Å². The summed E-state index contributed by atoms with van der Waals surface area (Å²) in [5.74, 6) is 1.03. The molecular formula is C23H39N5O2. The number of hydrogen-bond donors (Lipinski definition) is 3. The van der Waals surface area contributed by atoms with E-state index < -0.39 is 0 Å². The second-order valence-corrected chi connectivity index (χ2v) is 7.70. The number of unbranched alkanes of at least 4 members (excludes halogenated alkanes) is 1. The highest BCUT2D eigenvalue weighted by molar-refractivity contribution is 5.44. The molecule has 0 saturated carbocycles. The number of para-hydroxylation sites is 1. The lowest BCUT2D eigenvalue weighted by Crippen LogP contribution is -2.42. The Balaban J connectivity index is 1.88. The summed E-state index contributed by atoms with van der Waals surface area (Å²) in [7, 11) is 3.75. The fourth-order valence-corrected chi connectivity index (χ4v) is 3.09. The summed E-state index contributed by atoms with van der Waals surface area (Å²) >= 11 is 0. The minimum Gasteiger partial charge on any atom is -0.383 e. The fraction of sp³-hybridized carbons (Fsp3) is 0.565. The van der Waals surface area contributed by atoms with Crippen LogP contribution in [0, 0.1) is 0 Å². The molecule has 0 aromatic heterocycles. The number of hydroxylamine groups is 2. The van der Waals surface area contributed by atoms with Gasteiger partial charge in [-0.3, -0.25) is 4.84 Å². The first-order valence-electron chi connectivity index (χ1n) is 10.8. The zero-order chi connectivity index (χ0) is 21.8. The number of hydrogen-bond acceptors (Lipinski definition) is 7. The van der Waals surface area contributed by atoms with Crippen molar-refractivity contribution in [2.24, 2.45) is 0 Å². The topological polar surface area (TPSA) is 61.0 Å². The second kappa shape index (κ2) is 13.3. The molecule has 0 aliphatic carbocycles. The Hall–Kier alpha value is -2.06. The van der Waals surface area contributed by atoms with Gasteiger partial charge in [0.1, 0.15) is 0 Å². The summed E-state index contributed by atoms with van der Waals surface area (Å²) in [4.78, 5) is 5.73. The maximum Gasteiger partial charge on any atom is 0.0988 e. The van der Waals surface area contributed by atoms with Gasteiger partial charge in [0.05, 0.1) is 30.8 Å². The van der Waals surface area contributed by atoms with E-state index in [4.69, 9.17) is 9.57 Å². The molecule has 0 amide bonds. The van der Waals surface area contributed by atoms with Crippen molar-refractivity contribution in [3.63, 3.8) is 0 Å². The number of methoxy groups -OCH3 is 1. The summed E-state index contributed by atoms with van der Waals surface area (Å²) in [6.45, 7) is 9.45. The van der Waals surface area contributed by atoms with Crippen LogP contribution in [-0.2, 0) is 9.57 Å². The Bertz CT molecular complexity index is 665. The first kappa shape index (κ1) is 24.2. The summed E-state index contributed by atoms with van der Waals surface area (Å²) in [5, 5.41) is 11.1. The van der Waals surface area contributed by atoms with E-state index in [1.807, 2.05) is 30.3 Å². The normalized spacial score (nSPS) is 19.0. The molecule has 1 heterocycles. The number of ether oxygens (including phenoxy) is 1. The average molecular weight is 418 g/mol. The molecule has 1 aromatic carbocycles. The van der Waals surface area contributed by atoms with Crippen LogP contribution in [0.25, 0.3) is 0 Å². The van der Waals surface area contributed by atoms with Gasteiger partial charge in [0, 0.05) is 39.5 Å². The standard InChI is InChI=1S/C23H39N5O2/c1-6-7-13-23(25-21-17-28(30-18-21)14-15-29-5)24-16-19(2)20(3)26-27(4)22-11-9-8-10-12-22/h8-13,16,20-21,24-26H,6-7,14-15,17-18H2,1-5H3/b19-16+,23-13+/t20?,21-/m1/s1. The first-order chi connectivity index (χ1) is 14.5. The van der Waals surface area contributed by atoms with Crippen LogP contribution in [0.2, 0.25) is 0 Å². The van der Waals surface area contributed by atoms with E-state index in [1.54, 1.807) is 7.11 Å². The maximum atomic E-state index is 5.73. The van der Waals surface area contributed by atoms with Gasteiger partial charge in [0.25, 0.3) is 0 Å². The van der Waals surface area contributed by atoms with Crippen molar-refractivity contribution in [3.05, 3.63) is 54.0 Å². The zero-order valence-electron chi connectivity index (χ0n) is 19.1. The average Bonchev–Trinajstić information content (AvgIpc) is 3.21. The molecule has 1 aromatic rings. The fourth-order valence-electron chi connectivity index (χ4n) is 3.09. The van der Waals surface area contributed by atoms with Gasteiger partial charge in [-0.15, -0.1) is 0 Å². The molecule has 1 aliphatic heterocycles. The van der Waals surface area contributed by atoms with Gasteiger partial charge in [0.2, 0.25) is 0 Å². The Morgan fingerprint density at radius 3 is 2.83 bits per heavy atom. The lowest BCUT2D eigenvalue weighted by molar-refractivity contribution is -0.118. The molecule has 0 spiro atoms. The quantitative estimate of drug-likeness (QED) is 0.427. The van der Waals surface area contributed by atoms with Crippen LogP contribution in [0.1, 0.15) is 33.6 Å². The van der Waals surface area contributed by atoms with Gasteiger partial charge in [-0.1, -0.05) is 31.5 Å². The van der Waals surface area contributed by atoms with E-state index in [2.05, 4.69) is 66.2 Å². The monoisotopic (exact) mass is 417 g/mol. The molecule has 0 radical (unpaired) electrons. The predicted octanol–water partition coefficient (Wildman–Crippen LogP) is 3.00. The van der Waals surface area contributed by atoms with Crippen molar-refractivity contribution >= 4 is 5.69 Å². The van der Waals surface area contributed by atoms with Crippen LogP contribution in [0.4, 0.5) is 5.69 Å². The molecule has 3 N–H and O–H groups in total. The Morgan fingerprint density at radius 2 is 2.13 bits per heavy atom. The van der Waals surface area contributed by atoms with Crippen molar-refractivity contribution < 1.29 is 9.57 Å². The number of nitrogens with one attached hydrogen (secondary N) is 3. The van der Waals surface area contributed by atoms with E-state index in [-0.39, 0.29) is 12.1 Å². The van der Waals surface area contributed by atoms with Crippen molar-refractivity contribution in [2.45, 2.75) is 45.7 Å². The minimum atomic E-state index is 0.189. The van der Waals surface area contributed by atoms with Gasteiger partial charge in [-0.2, -0.15) is 5.06 Å². The van der Waals surface area contributed by atoms with Crippen molar-refractivity contribution in [3.8, 4) is 0 Å². The van der Waals surface area contributed by atoms with Crippen LogP contribution in [0.3, 0.4) is 0 Å². The number of nitrogens with zero attached hydrogens (tertiary/aromatic N) is 2.